The maximum atomic E-state index is 11.7. The zero-order valence-corrected chi connectivity index (χ0v) is 10.7. The van der Waals surface area contributed by atoms with E-state index in [1.54, 1.807) is 21.0 Å². The lowest BCUT2D eigenvalue weighted by atomic mass is 10.1. The van der Waals surface area contributed by atoms with Crippen LogP contribution in [0, 0.1) is 0 Å². The van der Waals surface area contributed by atoms with Crippen LogP contribution in [-0.4, -0.2) is 26.5 Å². The highest BCUT2D eigenvalue weighted by Crippen LogP contribution is 2.15. The van der Waals surface area contributed by atoms with Gasteiger partial charge in [0.15, 0.2) is 6.79 Å². The standard InChI is InChI=1S/C12H22O4/c1-5-7-8-11(12(13)15-6-2)10(3)16-9-14-4/h5-9H2,1-4H3/b11-10-. The monoisotopic (exact) mass is 230 g/mol. The molecule has 0 spiro atoms. The molecule has 4 nitrogen and oxygen atoms in total. The number of unbranched alkanes of at least 4 members (excludes halogenated alkanes) is 1. The lowest BCUT2D eigenvalue weighted by Crippen LogP contribution is -2.11. The van der Waals surface area contributed by atoms with Gasteiger partial charge < -0.3 is 14.2 Å². The van der Waals surface area contributed by atoms with E-state index in [2.05, 4.69) is 6.92 Å². The van der Waals surface area contributed by atoms with E-state index in [1.807, 2.05) is 0 Å². The Morgan fingerprint density at radius 1 is 1.19 bits per heavy atom. The molecule has 0 radical (unpaired) electrons. The van der Waals surface area contributed by atoms with E-state index in [1.165, 1.54) is 0 Å². The average Bonchev–Trinajstić information content (AvgIpc) is 2.27. The highest BCUT2D eigenvalue weighted by Gasteiger charge is 2.14. The summed E-state index contributed by atoms with van der Waals surface area (Å²) in [5, 5.41) is 0. The van der Waals surface area contributed by atoms with Gasteiger partial charge in [-0.3, -0.25) is 0 Å². The number of carbonyl (C=O) groups excluding carboxylic acids is 1. The van der Waals surface area contributed by atoms with Crippen LogP contribution >= 0.6 is 0 Å². The molecule has 0 heterocycles. The molecule has 94 valence electrons. The molecule has 0 aromatic carbocycles. The van der Waals surface area contributed by atoms with E-state index >= 15 is 0 Å². The number of allylic oxidation sites excluding steroid dienone is 1. The molecule has 0 fully saturated rings. The fourth-order valence-electron chi connectivity index (χ4n) is 1.23. The van der Waals surface area contributed by atoms with Crippen molar-refractivity contribution in [1.82, 2.24) is 0 Å². The Balaban J connectivity index is 4.54. The Labute approximate surface area is 97.6 Å². The summed E-state index contributed by atoms with van der Waals surface area (Å²) in [6.45, 7) is 6.17. The van der Waals surface area contributed by atoms with Gasteiger partial charge in [-0.25, -0.2) is 4.79 Å². The Hall–Kier alpha value is -1.03. The molecule has 0 aliphatic heterocycles. The maximum Gasteiger partial charge on any atom is 0.337 e. The number of rotatable bonds is 8. The van der Waals surface area contributed by atoms with E-state index in [-0.39, 0.29) is 12.8 Å². The predicted molar refractivity (Wildman–Crippen MR) is 61.8 cm³/mol. The Morgan fingerprint density at radius 3 is 2.38 bits per heavy atom. The molecule has 0 aliphatic rings. The van der Waals surface area contributed by atoms with Crippen molar-refractivity contribution in [2.75, 3.05) is 20.5 Å². The van der Waals surface area contributed by atoms with E-state index in [9.17, 15) is 4.79 Å². The van der Waals surface area contributed by atoms with Crippen molar-refractivity contribution in [3.8, 4) is 0 Å². The lowest BCUT2D eigenvalue weighted by molar-refractivity contribution is -0.139. The Bertz CT molecular complexity index is 233. The number of methoxy groups -OCH3 is 1. The summed E-state index contributed by atoms with van der Waals surface area (Å²) in [7, 11) is 1.55. The minimum atomic E-state index is -0.287. The van der Waals surface area contributed by atoms with Gasteiger partial charge in [0.25, 0.3) is 0 Å². The van der Waals surface area contributed by atoms with Crippen molar-refractivity contribution in [1.29, 1.82) is 0 Å². The molecule has 4 heteroatoms. The van der Waals surface area contributed by atoms with Crippen molar-refractivity contribution < 1.29 is 19.0 Å². The largest absolute Gasteiger partial charge is 0.472 e. The van der Waals surface area contributed by atoms with Crippen LogP contribution in [0.5, 0.6) is 0 Å². The second kappa shape index (κ2) is 9.21. The first kappa shape index (κ1) is 15.0. The van der Waals surface area contributed by atoms with Gasteiger partial charge in [0.1, 0.15) is 5.76 Å². The third-order valence-electron chi connectivity index (χ3n) is 2.12. The normalized spacial score (nSPS) is 12.0. The molecule has 0 N–H and O–H groups in total. The summed E-state index contributed by atoms with van der Waals surface area (Å²) in [5.74, 6) is 0.304. The zero-order chi connectivity index (χ0) is 12.4. The summed E-state index contributed by atoms with van der Waals surface area (Å²) in [6.07, 6.45) is 2.66. The van der Waals surface area contributed by atoms with E-state index in [0.717, 1.165) is 12.8 Å². The van der Waals surface area contributed by atoms with Gasteiger partial charge >= 0.3 is 5.97 Å². The van der Waals surface area contributed by atoms with Crippen LogP contribution in [0.3, 0.4) is 0 Å². The van der Waals surface area contributed by atoms with Crippen LogP contribution in [0.2, 0.25) is 0 Å². The second-order valence-corrected chi connectivity index (χ2v) is 3.41. The van der Waals surface area contributed by atoms with Crippen LogP contribution in [0.25, 0.3) is 0 Å². The Kier molecular flexibility index (Phi) is 8.62. The zero-order valence-electron chi connectivity index (χ0n) is 10.7. The van der Waals surface area contributed by atoms with Crippen molar-refractivity contribution in [2.24, 2.45) is 0 Å². The van der Waals surface area contributed by atoms with E-state index in [0.29, 0.717) is 24.4 Å². The fraction of sp³-hybridized carbons (Fsp3) is 0.750. The third-order valence-corrected chi connectivity index (χ3v) is 2.12. The van der Waals surface area contributed by atoms with E-state index < -0.39 is 0 Å². The summed E-state index contributed by atoms with van der Waals surface area (Å²) in [5.41, 5.74) is 0.612. The molecule has 0 aliphatic carbocycles. The summed E-state index contributed by atoms with van der Waals surface area (Å²) < 4.78 is 15.1. The predicted octanol–water partition coefficient (Wildman–Crippen LogP) is 2.63. The number of ether oxygens (including phenoxy) is 3. The number of esters is 1. The number of hydrogen-bond acceptors (Lipinski definition) is 4. The SMILES string of the molecule is CCCC/C(C(=O)OCC)=C(\C)OCOC. The third kappa shape index (κ3) is 5.75. The molecule has 0 amide bonds. The van der Waals surface area contributed by atoms with Crippen LogP contribution in [0.15, 0.2) is 11.3 Å². The summed E-state index contributed by atoms with van der Waals surface area (Å²) >= 11 is 0. The molecule has 0 unspecified atom stereocenters. The first-order valence-electron chi connectivity index (χ1n) is 5.65. The maximum absolute atomic E-state index is 11.7. The van der Waals surface area contributed by atoms with Crippen molar-refractivity contribution in [3.63, 3.8) is 0 Å². The molecule has 0 saturated heterocycles. The molecular formula is C12H22O4. The molecule has 0 saturated carbocycles. The van der Waals surface area contributed by atoms with Crippen molar-refractivity contribution in [2.45, 2.75) is 40.0 Å². The summed E-state index contributed by atoms with van der Waals surface area (Å²) in [4.78, 5) is 11.7. The smallest absolute Gasteiger partial charge is 0.337 e. The van der Waals surface area contributed by atoms with Gasteiger partial charge in [0.2, 0.25) is 0 Å². The Morgan fingerprint density at radius 2 is 1.88 bits per heavy atom. The topological polar surface area (TPSA) is 44.8 Å². The van der Waals surface area contributed by atoms with Gasteiger partial charge in [-0.2, -0.15) is 0 Å². The highest BCUT2D eigenvalue weighted by molar-refractivity contribution is 5.88. The van der Waals surface area contributed by atoms with Gasteiger partial charge in [-0.1, -0.05) is 13.3 Å². The minimum Gasteiger partial charge on any atom is -0.472 e. The molecule has 0 aromatic heterocycles. The molecule has 0 aromatic rings. The van der Waals surface area contributed by atoms with Gasteiger partial charge in [0.05, 0.1) is 12.2 Å². The van der Waals surface area contributed by atoms with Crippen LogP contribution in [0.4, 0.5) is 0 Å². The average molecular weight is 230 g/mol. The second-order valence-electron chi connectivity index (χ2n) is 3.41. The molecule has 0 rings (SSSR count). The minimum absolute atomic E-state index is 0.154. The van der Waals surface area contributed by atoms with Crippen LogP contribution < -0.4 is 0 Å². The molecule has 0 atom stereocenters. The fourth-order valence-corrected chi connectivity index (χ4v) is 1.23. The van der Waals surface area contributed by atoms with Crippen LogP contribution in [-0.2, 0) is 19.0 Å². The number of carbonyl (C=O) groups is 1. The first-order chi connectivity index (χ1) is 7.67. The molecule has 16 heavy (non-hydrogen) atoms. The van der Waals surface area contributed by atoms with Crippen molar-refractivity contribution >= 4 is 5.97 Å². The highest BCUT2D eigenvalue weighted by atomic mass is 16.7. The van der Waals surface area contributed by atoms with Gasteiger partial charge in [0, 0.05) is 7.11 Å². The quantitative estimate of drug-likeness (QED) is 0.278. The van der Waals surface area contributed by atoms with Gasteiger partial charge in [-0.05, 0) is 26.7 Å². The summed E-state index contributed by atoms with van der Waals surface area (Å²) in [6, 6.07) is 0. The number of hydrogen-bond donors (Lipinski definition) is 0. The molecule has 0 bridgehead atoms. The van der Waals surface area contributed by atoms with Crippen molar-refractivity contribution in [3.05, 3.63) is 11.3 Å². The lowest BCUT2D eigenvalue weighted by Gasteiger charge is -2.11. The molecular weight excluding hydrogens is 208 g/mol. The van der Waals surface area contributed by atoms with E-state index in [4.69, 9.17) is 14.2 Å². The first-order valence-corrected chi connectivity index (χ1v) is 5.65. The van der Waals surface area contributed by atoms with Gasteiger partial charge in [-0.15, -0.1) is 0 Å². The van der Waals surface area contributed by atoms with Crippen LogP contribution in [0.1, 0.15) is 40.0 Å².